The molecule has 0 spiro atoms. The van der Waals surface area contributed by atoms with Crippen LogP contribution in [0.4, 0.5) is 5.69 Å². The summed E-state index contributed by atoms with van der Waals surface area (Å²) in [6, 6.07) is 10.3. The molecule has 0 atom stereocenters. The molecule has 1 aromatic heterocycles. The predicted molar refractivity (Wildman–Crippen MR) is 102 cm³/mol. The summed E-state index contributed by atoms with van der Waals surface area (Å²) in [5.74, 6) is -1.22. The van der Waals surface area contributed by atoms with Crippen LogP contribution in [-0.4, -0.2) is 33.6 Å². The van der Waals surface area contributed by atoms with Crippen molar-refractivity contribution >= 4 is 51.9 Å². The molecule has 0 unspecified atom stereocenters. The number of para-hydroxylation sites is 1. The van der Waals surface area contributed by atoms with Crippen LogP contribution in [-0.2, 0) is 4.79 Å². The van der Waals surface area contributed by atoms with E-state index in [0.29, 0.717) is 22.3 Å². The van der Waals surface area contributed by atoms with Crippen molar-refractivity contribution in [3.05, 3.63) is 69.8 Å². The van der Waals surface area contributed by atoms with Crippen LogP contribution in [0.5, 0.6) is 0 Å². The lowest BCUT2D eigenvalue weighted by Crippen LogP contribution is -2.29. The molecular formula is C18H14N2O3S2. The van der Waals surface area contributed by atoms with Gasteiger partial charge in [0.2, 0.25) is 0 Å². The van der Waals surface area contributed by atoms with Crippen LogP contribution in [0.1, 0.15) is 15.2 Å². The standard InChI is InChI=1S/C18H14N2O3S2/c1-2-9-20-16(21)15(11-12-6-5-10-24-12)25-18(20)19-14-8-4-3-7-13(14)17(22)23/h2-8,10-11H,1,9H2,(H,22,23)/b15-11-,19-18?. The number of amides is 1. The van der Waals surface area contributed by atoms with Crippen molar-refractivity contribution < 1.29 is 14.7 Å². The van der Waals surface area contributed by atoms with Gasteiger partial charge in [0.05, 0.1) is 16.2 Å². The molecule has 1 aliphatic rings. The first-order valence-electron chi connectivity index (χ1n) is 7.37. The summed E-state index contributed by atoms with van der Waals surface area (Å²) in [6.45, 7) is 3.98. The Balaban J connectivity index is 2.01. The molecule has 0 radical (unpaired) electrons. The maximum absolute atomic E-state index is 12.6. The lowest BCUT2D eigenvalue weighted by Gasteiger charge is -2.13. The molecule has 1 N–H and O–H groups in total. The van der Waals surface area contributed by atoms with Gasteiger partial charge in [-0.25, -0.2) is 9.79 Å². The molecule has 1 aromatic carbocycles. The molecule has 25 heavy (non-hydrogen) atoms. The average molecular weight is 370 g/mol. The molecule has 1 saturated heterocycles. The number of hydrogen-bond donors (Lipinski definition) is 1. The molecule has 1 fully saturated rings. The summed E-state index contributed by atoms with van der Waals surface area (Å²) < 4.78 is 0. The first-order valence-corrected chi connectivity index (χ1v) is 9.06. The number of carbonyl (C=O) groups is 2. The number of carbonyl (C=O) groups excluding carboxylic acids is 1. The maximum Gasteiger partial charge on any atom is 0.337 e. The molecule has 0 aliphatic carbocycles. The number of amidine groups is 1. The molecule has 0 saturated carbocycles. The monoisotopic (exact) mass is 370 g/mol. The summed E-state index contributed by atoms with van der Waals surface area (Å²) in [5.41, 5.74) is 0.411. The van der Waals surface area contributed by atoms with E-state index < -0.39 is 5.97 Å². The minimum absolute atomic E-state index is 0.0947. The number of aromatic carboxylic acids is 1. The van der Waals surface area contributed by atoms with Crippen LogP contribution in [0.15, 0.2) is 64.3 Å². The Kier molecular flexibility index (Phi) is 5.16. The van der Waals surface area contributed by atoms with Crippen molar-refractivity contribution in [1.82, 2.24) is 4.90 Å². The fraction of sp³-hybridized carbons (Fsp3) is 0.0556. The van der Waals surface area contributed by atoms with Gasteiger partial charge in [-0.2, -0.15) is 0 Å². The summed E-state index contributed by atoms with van der Waals surface area (Å²) in [4.78, 5) is 31.4. The van der Waals surface area contributed by atoms with E-state index in [1.54, 1.807) is 24.3 Å². The van der Waals surface area contributed by atoms with E-state index in [9.17, 15) is 14.7 Å². The van der Waals surface area contributed by atoms with Crippen molar-refractivity contribution in [3.63, 3.8) is 0 Å². The van der Waals surface area contributed by atoms with Gasteiger partial charge < -0.3 is 5.11 Å². The average Bonchev–Trinajstić information content (AvgIpc) is 3.20. The smallest absolute Gasteiger partial charge is 0.337 e. The van der Waals surface area contributed by atoms with Crippen molar-refractivity contribution in [2.75, 3.05) is 6.54 Å². The van der Waals surface area contributed by atoms with Gasteiger partial charge in [-0.15, -0.1) is 17.9 Å². The number of benzene rings is 1. The Hall–Kier alpha value is -2.64. The second-order valence-electron chi connectivity index (χ2n) is 5.05. The van der Waals surface area contributed by atoms with Gasteiger partial charge in [-0.3, -0.25) is 9.69 Å². The Morgan fingerprint density at radius 1 is 1.28 bits per heavy atom. The third-order valence-electron chi connectivity index (χ3n) is 3.37. The SMILES string of the molecule is C=CCN1C(=O)/C(=C/c2cccs2)SC1=Nc1ccccc1C(=O)O. The molecule has 0 bridgehead atoms. The molecule has 1 amide bonds. The molecule has 1 aliphatic heterocycles. The largest absolute Gasteiger partial charge is 0.478 e. The van der Waals surface area contributed by atoms with Gasteiger partial charge in [0, 0.05) is 11.4 Å². The number of hydrogen-bond acceptors (Lipinski definition) is 5. The van der Waals surface area contributed by atoms with E-state index in [-0.39, 0.29) is 11.5 Å². The van der Waals surface area contributed by atoms with Crippen molar-refractivity contribution in [3.8, 4) is 0 Å². The highest BCUT2D eigenvalue weighted by Gasteiger charge is 2.33. The Bertz CT molecular complexity index is 885. The predicted octanol–water partition coefficient (Wildman–Crippen LogP) is 4.24. The molecule has 7 heteroatoms. The van der Waals surface area contributed by atoms with Crippen molar-refractivity contribution in [1.29, 1.82) is 0 Å². The zero-order valence-electron chi connectivity index (χ0n) is 13.1. The third kappa shape index (κ3) is 3.72. The molecule has 5 nitrogen and oxygen atoms in total. The molecule has 126 valence electrons. The minimum atomic E-state index is -1.06. The lowest BCUT2D eigenvalue weighted by molar-refractivity contribution is -0.121. The quantitative estimate of drug-likeness (QED) is 0.631. The summed E-state index contributed by atoms with van der Waals surface area (Å²) in [5, 5.41) is 11.7. The highest BCUT2D eigenvalue weighted by atomic mass is 32.2. The van der Waals surface area contributed by atoms with Crippen LogP contribution in [0.25, 0.3) is 6.08 Å². The second kappa shape index (κ2) is 7.50. The number of carboxylic acid groups (broad SMARTS) is 1. The number of carboxylic acids is 1. The van der Waals surface area contributed by atoms with Crippen LogP contribution in [0, 0.1) is 0 Å². The van der Waals surface area contributed by atoms with E-state index in [1.807, 2.05) is 23.6 Å². The fourth-order valence-corrected chi connectivity index (χ4v) is 3.96. The normalized spacial score (nSPS) is 17.4. The zero-order chi connectivity index (χ0) is 17.8. The van der Waals surface area contributed by atoms with Gasteiger partial charge in [-0.1, -0.05) is 24.3 Å². The highest BCUT2D eigenvalue weighted by molar-refractivity contribution is 8.18. The van der Waals surface area contributed by atoms with Gasteiger partial charge >= 0.3 is 5.97 Å². The van der Waals surface area contributed by atoms with Crippen LogP contribution >= 0.6 is 23.1 Å². The van der Waals surface area contributed by atoms with Crippen LogP contribution < -0.4 is 0 Å². The molecule has 3 rings (SSSR count). The Labute approximate surface area is 153 Å². The summed E-state index contributed by atoms with van der Waals surface area (Å²) in [6.07, 6.45) is 3.44. The first kappa shape index (κ1) is 17.2. The van der Waals surface area contributed by atoms with E-state index >= 15 is 0 Å². The van der Waals surface area contributed by atoms with Crippen molar-refractivity contribution in [2.45, 2.75) is 0 Å². The van der Waals surface area contributed by atoms with Gasteiger partial charge in [0.15, 0.2) is 5.17 Å². The highest BCUT2D eigenvalue weighted by Crippen LogP contribution is 2.35. The number of rotatable bonds is 5. The molecule has 2 aromatic rings. The van der Waals surface area contributed by atoms with E-state index in [2.05, 4.69) is 11.6 Å². The van der Waals surface area contributed by atoms with E-state index in [1.165, 1.54) is 34.1 Å². The Morgan fingerprint density at radius 3 is 2.76 bits per heavy atom. The maximum atomic E-state index is 12.6. The fourth-order valence-electron chi connectivity index (χ4n) is 2.24. The van der Waals surface area contributed by atoms with Crippen LogP contribution in [0.3, 0.4) is 0 Å². The van der Waals surface area contributed by atoms with Crippen LogP contribution in [0.2, 0.25) is 0 Å². The summed E-state index contributed by atoms with van der Waals surface area (Å²) >= 11 is 2.77. The Morgan fingerprint density at radius 2 is 2.08 bits per heavy atom. The second-order valence-corrected chi connectivity index (χ2v) is 7.04. The van der Waals surface area contributed by atoms with E-state index in [4.69, 9.17) is 0 Å². The lowest BCUT2D eigenvalue weighted by atomic mass is 10.2. The summed E-state index contributed by atoms with van der Waals surface area (Å²) in [7, 11) is 0. The van der Waals surface area contributed by atoms with Gasteiger partial charge in [0.1, 0.15) is 0 Å². The number of nitrogens with zero attached hydrogens (tertiary/aromatic N) is 2. The number of thioether (sulfide) groups is 1. The zero-order valence-corrected chi connectivity index (χ0v) is 14.7. The van der Waals surface area contributed by atoms with Gasteiger partial charge in [0.25, 0.3) is 5.91 Å². The number of thiophene rings is 1. The number of aliphatic imine (C=N–C) groups is 1. The van der Waals surface area contributed by atoms with E-state index in [0.717, 1.165) is 4.88 Å². The topological polar surface area (TPSA) is 70.0 Å². The first-order chi connectivity index (χ1) is 12.1. The van der Waals surface area contributed by atoms with Crippen molar-refractivity contribution in [2.24, 2.45) is 4.99 Å². The minimum Gasteiger partial charge on any atom is -0.478 e. The molecule has 2 heterocycles. The van der Waals surface area contributed by atoms with Gasteiger partial charge in [-0.05, 0) is 41.4 Å². The third-order valence-corrected chi connectivity index (χ3v) is 5.19. The molecular weight excluding hydrogens is 356 g/mol.